The van der Waals surface area contributed by atoms with E-state index in [4.69, 9.17) is 5.73 Å². The highest BCUT2D eigenvalue weighted by Gasteiger charge is 2.05. The summed E-state index contributed by atoms with van der Waals surface area (Å²) in [5.74, 6) is 0. The summed E-state index contributed by atoms with van der Waals surface area (Å²) >= 11 is 5.38. The van der Waals surface area contributed by atoms with Gasteiger partial charge >= 0.3 is 0 Å². The molecule has 12 heavy (non-hydrogen) atoms. The van der Waals surface area contributed by atoms with Crippen molar-refractivity contribution in [1.82, 2.24) is 10.2 Å². The monoisotopic (exact) mass is 309 g/mol. The molecule has 0 atom stereocenters. The molecule has 2 N–H and O–H groups in total. The summed E-state index contributed by atoms with van der Waals surface area (Å²) in [5, 5.41) is 11.2. The number of nitrogen functional groups attached to an aromatic ring is 1. The van der Waals surface area contributed by atoms with Gasteiger partial charge in [-0.05, 0) is 28.7 Å². The first kappa shape index (κ1) is 8.39. The molecule has 6 heteroatoms. The molecule has 0 aliphatic carbocycles. The number of rotatable bonds is 1. The van der Waals surface area contributed by atoms with E-state index in [0.717, 1.165) is 10.6 Å². The first-order chi connectivity index (χ1) is 5.75. The summed E-state index contributed by atoms with van der Waals surface area (Å²) in [6.07, 6.45) is 0. The lowest BCUT2D eigenvalue weighted by molar-refractivity contribution is 1.10. The number of hydrogen-bond acceptors (Lipinski definition) is 5. The molecule has 2 aromatic heterocycles. The van der Waals surface area contributed by atoms with E-state index in [1.165, 1.54) is 14.2 Å². The molecular formula is C6H4IN3S2. The van der Waals surface area contributed by atoms with Crippen LogP contribution in [-0.2, 0) is 0 Å². The SMILES string of the molecule is Nc1nnc(-c2csc(I)c2)s1. The molecule has 0 aliphatic rings. The van der Waals surface area contributed by atoms with Gasteiger partial charge in [-0.15, -0.1) is 21.5 Å². The first-order valence-corrected chi connectivity index (χ1v) is 5.86. The Hall–Kier alpha value is -0.210. The van der Waals surface area contributed by atoms with Crippen LogP contribution in [0.5, 0.6) is 0 Å². The van der Waals surface area contributed by atoms with Crippen molar-refractivity contribution in [2.75, 3.05) is 5.73 Å². The molecule has 0 aromatic carbocycles. The number of nitrogens with two attached hydrogens (primary N) is 1. The summed E-state index contributed by atoms with van der Waals surface area (Å²) in [7, 11) is 0. The van der Waals surface area contributed by atoms with Gasteiger partial charge in [0, 0.05) is 10.9 Å². The highest BCUT2D eigenvalue weighted by atomic mass is 127. The number of hydrogen-bond donors (Lipinski definition) is 1. The highest BCUT2D eigenvalue weighted by molar-refractivity contribution is 14.1. The predicted octanol–water partition coefficient (Wildman–Crippen LogP) is 2.45. The predicted molar refractivity (Wildman–Crippen MR) is 60.4 cm³/mol. The van der Waals surface area contributed by atoms with Crippen molar-refractivity contribution in [2.24, 2.45) is 0 Å². The van der Waals surface area contributed by atoms with E-state index in [1.54, 1.807) is 11.3 Å². The van der Waals surface area contributed by atoms with Crippen LogP contribution in [0.15, 0.2) is 11.4 Å². The lowest BCUT2D eigenvalue weighted by atomic mass is 10.4. The van der Waals surface area contributed by atoms with E-state index in [9.17, 15) is 0 Å². The maximum Gasteiger partial charge on any atom is 0.203 e. The van der Waals surface area contributed by atoms with Gasteiger partial charge in [-0.25, -0.2) is 0 Å². The number of halogens is 1. The van der Waals surface area contributed by atoms with E-state index in [-0.39, 0.29) is 0 Å². The average molecular weight is 309 g/mol. The van der Waals surface area contributed by atoms with Crippen molar-refractivity contribution in [3.05, 3.63) is 14.3 Å². The number of nitrogens with zero attached hydrogens (tertiary/aromatic N) is 2. The Kier molecular flexibility index (Phi) is 2.28. The summed E-state index contributed by atoms with van der Waals surface area (Å²) in [4.78, 5) is 0. The molecule has 0 unspecified atom stereocenters. The third-order valence-corrected chi connectivity index (χ3v) is 3.85. The number of thiophene rings is 1. The van der Waals surface area contributed by atoms with Crippen molar-refractivity contribution in [2.45, 2.75) is 0 Å². The fourth-order valence-electron chi connectivity index (χ4n) is 0.773. The minimum Gasteiger partial charge on any atom is -0.374 e. The zero-order valence-corrected chi connectivity index (χ0v) is 9.61. The quantitative estimate of drug-likeness (QED) is 0.823. The van der Waals surface area contributed by atoms with Crippen molar-refractivity contribution in [3.63, 3.8) is 0 Å². The topological polar surface area (TPSA) is 51.8 Å². The normalized spacial score (nSPS) is 10.4. The Morgan fingerprint density at radius 3 is 2.75 bits per heavy atom. The molecule has 0 amide bonds. The van der Waals surface area contributed by atoms with Crippen LogP contribution in [0.3, 0.4) is 0 Å². The highest BCUT2D eigenvalue weighted by Crippen LogP contribution is 2.29. The van der Waals surface area contributed by atoms with Gasteiger partial charge < -0.3 is 5.73 Å². The second kappa shape index (κ2) is 3.27. The smallest absolute Gasteiger partial charge is 0.203 e. The summed E-state index contributed by atoms with van der Waals surface area (Å²) in [5.41, 5.74) is 6.58. The summed E-state index contributed by atoms with van der Waals surface area (Å²) < 4.78 is 1.25. The van der Waals surface area contributed by atoms with E-state index >= 15 is 0 Å². The van der Waals surface area contributed by atoms with E-state index in [2.05, 4.69) is 44.2 Å². The summed E-state index contributed by atoms with van der Waals surface area (Å²) in [6, 6.07) is 2.07. The summed E-state index contributed by atoms with van der Waals surface area (Å²) in [6.45, 7) is 0. The van der Waals surface area contributed by atoms with Gasteiger partial charge in [-0.3, -0.25) is 0 Å². The van der Waals surface area contributed by atoms with Crippen molar-refractivity contribution < 1.29 is 0 Å². The van der Waals surface area contributed by atoms with Crippen molar-refractivity contribution in [3.8, 4) is 10.6 Å². The lowest BCUT2D eigenvalue weighted by Crippen LogP contribution is -1.79. The fraction of sp³-hybridized carbons (Fsp3) is 0. The van der Waals surface area contributed by atoms with Gasteiger partial charge in [0.15, 0.2) is 0 Å². The Labute approximate surface area is 90.8 Å². The van der Waals surface area contributed by atoms with Gasteiger partial charge in [0.05, 0.1) is 2.88 Å². The first-order valence-electron chi connectivity index (χ1n) is 3.09. The minimum atomic E-state index is 0.520. The zero-order chi connectivity index (χ0) is 8.55. The fourth-order valence-corrected chi connectivity index (χ4v) is 2.78. The Bertz CT molecular complexity index is 357. The molecule has 0 fully saturated rings. The van der Waals surface area contributed by atoms with Gasteiger partial charge in [-0.1, -0.05) is 11.3 Å². The largest absolute Gasteiger partial charge is 0.374 e. The van der Waals surface area contributed by atoms with Crippen LogP contribution in [0.2, 0.25) is 0 Å². The van der Waals surface area contributed by atoms with E-state index in [1.807, 2.05) is 0 Å². The minimum absolute atomic E-state index is 0.520. The standard InChI is InChI=1S/C6H4IN3S2/c7-4-1-3(2-11-4)5-9-10-6(8)12-5/h1-2H,(H2,8,10). The molecule has 0 spiro atoms. The maximum atomic E-state index is 5.47. The third-order valence-electron chi connectivity index (χ3n) is 1.26. The number of anilines is 1. The van der Waals surface area contributed by atoms with E-state index < -0.39 is 0 Å². The van der Waals surface area contributed by atoms with Crippen LogP contribution in [0.4, 0.5) is 5.13 Å². The van der Waals surface area contributed by atoms with Gasteiger partial charge in [-0.2, -0.15) is 0 Å². The molecule has 62 valence electrons. The molecule has 0 saturated heterocycles. The molecular weight excluding hydrogens is 305 g/mol. The van der Waals surface area contributed by atoms with Crippen LogP contribution in [0.1, 0.15) is 0 Å². The van der Waals surface area contributed by atoms with Crippen LogP contribution >= 0.6 is 45.3 Å². The van der Waals surface area contributed by atoms with Crippen LogP contribution in [0, 0.1) is 2.88 Å². The van der Waals surface area contributed by atoms with Gasteiger partial charge in [0.25, 0.3) is 0 Å². The van der Waals surface area contributed by atoms with Crippen molar-refractivity contribution in [1.29, 1.82) is 0 Å². The average Bonchev–Trinajstić information content (AvgIpc) is 2.58. The molecule has 3 nitrogen and oxygen atoms in total. The third kappa shape index (κ3) is 1.59. The van der Waals surface area contributed by atoms with Crippen LogP contribution in [0.25, 0.3) is 10.6 Å². The second-order valence-electron chi connectivity index (χ2n) is 2.08. The molecule has 0 aliphatic heterocycles. The molecule has 0 radical (unpaired) electrons. The molecule has 2 heterocycles. The van der Waals surface area contributed by atoms with Crippen LogP contribution in [-0.4, -0.2) is 10.2 Å². The number of aromatic nitrogens is 2. The Morgan fingerprint density at radius 1 is 1.42 bits per heavy atom. The molecule has 0 bridgehead atoms. The molecule has 2 aromatic rings. The Balaban J connectivity index is 2.43. The molecule has 0 saturated carbocycles. The van der Waals surface area contributed by atoms with Crippen molar-refractivity contribution >= 4 is 50.4 Å². The zero-order valence-electron chi connectivity index (χ0n) is 5.82. The van der Waals surface area contributed by atoms with E-state index in [0.29, 0.717) is 5.13 Å². The maximum absolute atomic E-state index is 5.47. The van der Waals surface area contributed by atoms with Gasteiger partial charge in [0.1, 0.15) is 5.01 Å². The Morgan fingerprint density at radius 2 is 2.25 bits per heavy atom. The molecule has 2 rings (SSSR count). The van der Waals surface area contributed by atoms with Gasteiger partial charge in [0.2, 0.25) is 5.13 Å². The lowest BCUT2D eigenvalue weighted by Gasteiger charge is -1.82. The second-order valence-corrected chi connectivity index (χ2v) is 5.90. The van der Waals surface area contributed by atoms with Crippen LogP contribution < -0.4 is 5.73 Å².